The van der Waals surface area contributed by atoms with Gasteiger partial charge in [-0.3, -0.25) is 0 Å². The Bertz CT molecular complexity index is 760. The van der Waals surface area contributed by atoms with E-state index in [1.165, 1.54) is 0 Å². The van der Waals surface area contributed by atoms with Gasteiger partial charge < -0.3 is 10.1 Å². The van der Waals surface area contributed by atoms with E-state index in [0.717, 1.165) is 16.7 Å². The van der Waals surface area contributed by atoms with Crippen molar-refractivity contribution in [2.75, 3.05) is 0 Å². The fourth-order valence-corrected chi connectivity index (χ4v) is 2.26. The summed E-state index contributed by atoms with van der Waals surface area (Å²) in [5.41, 5.74) is 3.75. The van der Waals surface area contributed by atoms with Crippen LogP contribution in [-0.4, -0.2) is 21.0 Å². The van der Waals surface area contributed by atoms with Gasteiger partial charge in [-0.05, 0) is 50.5 Å². The summed E-state index contributed by atoms with van der Waals surface area (Å²) in [6.07, 6.45) is 0. The molecular weight excluding hydrogens is 256 g/mol. The molecule has 0 aliphatic heterocycles. The van der Waals surface area contributed by atoms with Crippen LogP contribution in [0, 0.1) is 27.7 Å². The third-order valence-corrected chi connectivity index (χ3v) is 3.43. The minimum atomic E-state index is -1.10. The van der Waals surface area contributed by atoms with Crippen molar-refractivity contribution < 1.29 is 9.90 Å². The van der Waals surface area contributed by atoms with Crippen LogP contribution in [0.1, 0.15) is 32.7 Å². The number of rotatable bonds is 2. The molecule has 0 unspecified atom stereocenters. The number of hydrogen-bond donors (Lipinski definition) is 2. The molecule has 0 amide bonds. The zero-order valence-corrected chi connectivity index (χ0v) is 11.9. The Labute approximate surface area is 116 Å². The van der Waals surface area contributed by atoms with Crippen LogP contribution in [-0.2, 0) is 0 Å². The zero-order chi connectivity index (χ0) is 15.0. The Balaban J connectivity index is 2.85. The highest BCUT2D eigenvalue weighted by molar-refractivity contribution is 5.96. The molecule has 20 heavy (non-hydrogen) atoms. The lowest BCUT2D eigenvalue weighted by molar-refractivity contribution is 0.0696. The standard InChI is InChI=1S/C15H16N2O3/c1-7-5-9(3)11(6-8(7)2)13-12(14(18)19)10(4)16-15(20)17-13/h5-6H,1-4H3,(H,18,19)(H,16,17,20). The molecule has 0 aliphatic carbocycles. The summed E-state index contributed by atoms with van der Waals surface area (Å²) >= 11 is 0. The normalized spacial score (nSPS) is 10.6. The lowest BCUT2D eigenvalue weighted by atomic mass is 9.96. The lowest BCUT2D eigenvalue weighted by Crippen LogP contribution is -2.18. The molecule has 5 heteroatoms. The van der Waals surface area contributed by atoms with Gasteiger partial charge in [0, 0.05) is 11.3 Å². The van der Waals surface area contributed by atoms with Crippen LogP contribution in [0.15, 0.2) is 16.9 Å². The Hall–Kier alpha value is -2.43. The van der Waals surface area contributed by atoms with Gasteiger partial charge in [0.2, 0.25) is 0 Å². The topological polar surface area (TPSA) is 83.0 Å². The van der Waals surface area contributed by atoms with Gasteiger partial charge in [-0.25, -0.2) is 9.59 Å². The average molecular weight is 272 g/mol. The summed E-state index contributed by atoms with van der Waals surface area (Å²) in [7, 11) is 0. The van der Waals surface area contributed by atoms with Crippen molar-refractivity contribution in [1.82, 2.24) is 9.97 Å². The number of carbonyl (C=O) groups is 1. The second kappa shape index (κ2) is 4.92. The molecule has 1 aromatic heterocycles. The minimum Gasteiger partial charge on any atom is -0.478 e. The number of H-pyrrole nitrogens is 1. The molecule has 1 heterocycles. The largest absolute Gasteiger partial charge is 0.478 e. The zero-order valence-electron chi connectivity index (χ0n) is 11.9. The Morgan fingerprint density at radius 2 is 1.70 bits per heavy atom. The summed E-state index contributed by atoms with van der Waals surface area (Å²) in [5, 5.41) is 9.35. The first-order valence-corrected chi connectivity index (χ1v) is 6.23. The van der Waals surface area contributed by atoms with Crippen molar-refractivity contribution >= 4 is 5.97 Å². The van der Waals surface area contributed by atoms with Gasteiger partial charge >= 0.3 is 11.7 Å². The first-order chi connectivity index (χ1) is 9.31. The quantitative estimate of drug-likeness (QED) is 0.879. The number of aryl methyl sites for hydroxylation is 4. The molecule has 0 spiro atoms. The van der Waals surface area contributed by atoms with E-state index in [1.54, 1.807) is 6.92 Å². The van der Waals surface area contributed by atoms with Gasteiger partial charge in [0.1, 0.15) is 5.56 Å². The summed E-state index contributed by atoms with van der Waals surface area (Å²) in [5.74, 6) is -1.10. The van der Waals surface area contributed by atoms with Crippen LogP contribution in [0.3, 0.4) is 0 Å². The van der Waals surface area contributed by atoms with Crippen molar-refractivity contribution in [2.24, 2.45) is 0 Å². The van der Waals surface area contributed by atoms with Crippen molar-refractivity contribution in [2.45, 2.75) is 27.7 Å². The summed E-state index contributed by atoms with van der Waals surface area (Å²) < 4.78 is 0. The molecule has 2 N–H and O–H groups in total. The Kier molecular flexibility index (Phi) is 3.44. The first-order valence-electron chi connectivity index (χ1n) is 6.23. The summed E-state index contributed by atoms with van der Waals surface area (Å²) in [6, 6.07) is 3.84. The van der Waals surface area contributed by atoms with E-state index < -0.39 is 11.7 Å². The molecule has 0 radical (unpaired) electrons. The van der Waals surface area contributed by atoms with Crippen LogP contribution in [0.2, 0.25) is 0 Å². The lowest BCUT2D eigenvalue weighted by Gasteiger charge is -2.12. The van der Waals surface area contributed by atoms with Gasteiger partial charge in [0.15, 0.2) is 0 Å². The number of carboxylic acid groups (broad SMARTS) is 1. The second-order valence-electron chi connectivity index (χ2n) is 4.95. The average Bonchev–Trinajstić information content (AvgIpc) is 2.32. The maximum absolute atomic E-state index is 11.6. The molecule has 0 aliphatic rings. The van der Waals surface area contributed by atoms with Gasteiger partial charge in [-0.2, -0.15) is 4.98 Å². The fraction of sp³-hybridized carbons (Fsp3) is 0.267. The number of aromatic carboxylic acids is 1. The highest BCUT2D eigenvalue weighted by atomic mass is 16.4. The summed E-state index contributed by atoms with van der Waals surface area (Å²) in [6.45, 7) is 7.37. The van der Waals surface area contributed by atoms with E-state index >= 15 is 0 Å². The van der Waals surface area contributed by atoms with E-state index in [0.29, 0.717) is 11.3 Å². The van der Waals surface area contributed by atoms with Crippen LogP contribution in [0.5, 0.6) is 0 Å². The smallest absolute Gasteiger partial charge is 0.345 e. The predicted octanol–water partition coefficient (Wildman–Crippen LogP) is 2.37. The number of benzene rings is 1. The van der Waals surface area contributed by atoms with Gasteiger partial charge in [-0.15, -0.1) is 0 Å². The molecule has 5 nitrogen and oxygen atoms in total. The van der Waals surface area contributed by atoms with E-state index in [4.69, 9.17) is 0 Å². The molecule has 0 atom stereocenters. The third kappa shape index (κ3) is 2.34. The fourth-order valence-electron chi connectivity index (χ4n) is 2.26. The van der Waals surface area contributed by atoms with Crippen molar-refractivity contribution in [3.63, 3.8) is 0 Å². The number of nitrogens with one attached hydrogen (secondary N) is 1. The Morgan fingerprint density at radius 3 is 2.30 bits per heavy atom. The number of carboxylic acids is 1. The number of nitrogens with zero attached hydrogens (tertiary/aromatic N) is 1. The monoisotopic (exact) mass is 272 g/mol. The number of aromatic amines is 1. The molecule has 104 valence electrons. The molecule has 0 saturated carbocycles. The van der Waals surface area contributed by atoms with Gasteiger partial charge in [-0.1, -0.05) is 6.07 Å². The van der Waals surface area contributed by atoms with E-state index in [1.807, 2.05) is 32.9 Å². The molecule has 0 fully saturated rings. The minimum absolute atomic E-state index is 0.0379. The van der Waals surface area contributed by atoms with Crippen molar-refractivity contribution in [1.29, 1.82) is 0 Å². The molecule has 0 bridgehead atoms. The van der Waals surface area contributed by atoms with Crippen LogP contribution in [0.4, 0.5) is 0 Å². The maximum atomic E-state index is 11.6. The van der Waals surface area contributed by atoms with E-state index in [9.17, 15) is 14.7 Å². The first kappa shape index (κ1) is 14.0. The van der Waals surface area contributed by atoms with Gasteiger partial charge in [0.05, 0.1) is 5.69 Å². The van der Waals surface area contributed by atoms with E-state index in [-0.39, 0.29) is 11.3 Å². The number of aromatic nitrogens is 2. The molecular formula is C15H16N2O3. The highest BCUT2D eigenvalue weighted by Crippen LogP contribution is 2.27. The molecule has 2 rings (SSSR count). The summed E-state index contributed by atoms with van der Waals surface area (Å²) in [4.78, 5) is 29.3. The third-order valence-electron chi connectivity index (χ3n) is 3.43. The van der Waals surface area contributed by atoms with E-state index in [2.05, 4.69) is 9.97 Å². The van der Waals surface area contributed by atoms with Crippen LogP contribution in [0.25, 0.3) is 11.3 Å². The molecule has 0 saturated heterocycles. The van der Waals surface area contributed by atoms with Crippen molar-refractivity contribution in [3.05, 3.63) is 50.6 Å². The molecule has 2 aromatic rings. The Morgan fingerprint density at radius 1 is 1.10 bits per heavy atom. The van der Waals surface area contributed by atoms with Crippen molar-refractivity contribution in [3.8, 4) is 11.3 Å². The molecule has 1 aromatic carbocycles. The van der Waals surface area contributed by atoms with Crippen LogP contribution < -0.4 is 5.69 Å². The van der Waals surface area contributed by atoms with Crippen LogP contribution >= 0.6 is 0 Å². The predicted molar refractivity (Wildman–Crippen MR) is 76.2 cm³/mol. The maximum Gasteiger partial charge on any atom is 0.345 e. The second-order valence-corrected chi connectivity index (χ2v) is 4.95. The number of hydrogen-bond acceptors (Lipinski definition) is 3. The highest BCUT2D eigenvalue weighted by Gasteiger charge is 2.19. The van der Waals surface area contributed by atoms with Gasteiger partial charge in [0.25, 0.3) is 0 Å². The SMILES string of the molecule is Cc1cc(C)c(-c2nc(=O)[nH]c(C)c2C(=O)O)cc1C.